The molecule has 9 heteroatoms. The molecule has 0 aliphatic carbocycles. The predicted octanol–water partition coefficient (Wildman–Crippen LogP) is 2.20. The van der Waals surface area contributed by atoms with Crippen LogP contribution in [0.15, 0.2) is 49.2 Å². The largest absolute Gasteiger partial charge is 0.493 e. The zero-order chi connectivity index (χ0) is 21.1. The molecule has 9 nitrogen and oxygen atoms in total. The van der Waals surface area contributed by atoms with E-state index in [9.17, 15) is 9.59 Å². The van der Waals surface area contributed by atoms with Crippen LogP contribution in [-0.4, -0.2) is 52.0 Å². The molecule has 0 saturated carbocycles. The molecule has 0 bridgehead atoms. The quantitative estimate of drug-likeness (QED) is 0.696. The minimum absolute atomic E-state index is 0.151. The number of anilines is 1. The third-order valence-electron chi connectivity index (χ3n) is 4.97. The summed E-state index contributed by atoms with van der Waals surface area (Å²) in [6, 6.07) is 7.19. The minimum Gasteiger partial charge on any atom is -0.493 e. The highest BCUT2D eigenvalue weighted by Crippen LogP contribution is 2.37. The van der Waals surface area contributed by atoms with E-state index in [1.54, 1.807) is 17.0 Å². The maximum absolute atomic E-state index is 13.2. The molecule has 3 heterocycles. The first-order valence-electron chi connectivity index (χ1n) is 9.36. The van der Waals surface area contributed by atoms with Gasteiger partial charge in [-0.15, -0.1) is 0 Å². The molecule has 154 valence electrons. The summed E-state index contributed by atoms with van der Waals surface area (Å²) in [5.74, 6) is 0.105. The van der Waals surface area contributed by atoms with Crippen molar-refractivity contribution in [2.24, 2.45) is 0 Å². The molecule has 0 radical (unpaired) electrons. The van der Waals surface area contributed by atoms with E-state index in [1.165, 1.54) is 32.9 Å². The van der Waals surface area contributed by atoms with Gasteiger partial charge in [0.2, 0.25) is 0 Å². The maximum Gasteiger partial charge on any atom is 0.258 e. The standard InChI is InChI=1S/C21H21N5O4/c1-29-18-9-14(21(28)26-7-6-25-5-3-4-16(25)12-26)8-17(19(18)30-2)24-20(27)15-10-22-13-23-11-15/h3-5,8-11,13H,6-7,12H2,1-2H3,(H,24,27). The van der Waals surface area contributed by atoms with E-state index >= 15 is 0 Å². The van der Waals surface area contributed by atoms with Gasteiger partial charge in [-0.3, -0.25) is 9.59 Å². The van der Waals surface area contributed by atoms with Crippen molar-refractivity contribution < 1.29 is 19.1 Å². The van der Waals surface area contributed by atoms with Crippen LogP contribution >= 0.6 is 0 Å². The highest BCUT2D eigenvalue weighted by atomic mass is 16.5. The van der Waals surface area contributed by atoms with E-state index in [0.717, 1.165) is 12.2 Å². The van der Waals surface area contributed by atoms with E-state index in [0.29, 0.717) is 35.8 Å². The smallest absolute Gasteiger partial charge is 0.258 e. The molecule has 3 aromatic rings. The Kier molecular flexibility index (Phi) is 5.34. The number of fused-ring (bicyclic) bond motifs is 1. The molecule has 30 heavy (non-hydrogen) atoms. The number of carbonyl (C=O) groups is 2. The van der Waals surface area contributed by atoms with Crippen LogP contribution in [0.3, 0.4) is 0 Å². The van der Waals surface area contributed by atoms with Gasteiger partial charge in [0, 0.05) is 42.9 Å². The van der Waals surface area contributed by atoms with Crippen LogP contribution in [0.2, 0.25) is 0 Å². The first-order valence-corrected chi connectivity index (χ1v) is 9.36. The topological polar surface area (TPSA) is 98.6 Å². The molecule has 1 aliphatic rings. The Balaban J connectivity index is 1.65. The van der Waals surface area contributed by atoms with Crippen molar-refractivity contribution in [1.82, 2.24) is 19.4 Å². The number of hydrogen-bond donors (Lipinski definition) is 1. The molecular weight excluding hydrogens is 386 g/mol. The molecule has 1 aromatic carbocycles. The van der Waals surface area contributed by atoms with Crippen LogP contribution in [0, 0.1) is 0 Å². The molecule has 0 unspecified atom stereocenters. The number of rotatable bonds is 5. The predicted molar refractivity (Wildman–Crippen MR) is 109 cm³/mol. The van der Waals surface area contributed by atoms with E-state index in [1.807, 2.05) is 18.3 Å². The van der Waals surface area contributed by atoms with Gasteiger partial charge in [-0.1, -0.05) is 0 Å². The number of nitrogens with one attached hydrogen (secondary N) is 1. The lowest BCUT2D eigenvalue weighted by Crippen LogP contribution is -2.37. The van der Waals surface area contributed by atoms with Gasteiger partial charge >= 0.3 is 0 Å². The summed E-state index contributed by atoms with van der Waals surface area (Å²) < 4.78 is 13.0. The second-order valence-corrected chi connectivity index (χ2v) is 6.76. The highest BCUT2D eigenvalue weighted by Gasteiger charge is 2.24. The Hall–Kier alpha value is -3.88. The van der Waals surface area contributed by atoms with Crippen LogP contribution in [-0.2, 0) is 13.1 Å². The molecule has 2 aromatic heterocycles. The Morgan fingerprint density at radius 3 is 2.60 bits per heavy atom. The molecule has 0 fully saturated rings. The average Bonchev–Trinajstić information content (AvgIpc) is 3.26. The van der Waals surface area contributed by atoms with Crippen LogP contribution in [0.4, 0.5) is 5.69 Å². The zero-order valence-electron chi connectivity index (χ0n) is 16.7. The summed E-state index contributed by atoms with van der Waals surface area (Å²) in [6.07, 6.45) is 6.16. The molecule has 0 atom stereocenters. The molecule has 0 spiro atoms. The van der Waals surface area contributed by atoms with Crippen molar-refractivity contribution in [2.45, 2.75) is 13.1 Å². The van der Waals surface area contributed by atoms with Crippen molar-refractivity contribution >= 4 is 17.5 Å². The second kappa shape index (κ2) is 8.24. The average molecular weight is 407 g/mol. The number of carbonyl (C=O) groups excluding carboxylic acids is 2. The lowest BCUT2D eigenvalue weighted by molar-refractivity contribution is 0.0710. The molecule has 4 rings (SSSR count). The normalized spacial score (nSPS) is 12.8. The minimum atomic E-state index is -0.420. The fourth-order valence-electron chi connectivity index (χ4n) is 3.46. The van der Waals surface area contributed by atoms with Crippen molar-refractivity contribution in [3.8, 4) is 11.5 Å². The molecule has 0 saturated heterocycles. The Morgan fingerprint density at radius 1 is 1.07 bits per heavy atom. The molecular formula is C21H21N5O4. The van der Waals surface area contributed by atoms with E-state index in [-0.39, 0.29) is 11.5 Å². The zero-order valence-corrected chi connectivity index (χ0v) is 16.7. The Bertz CT molecular complexity index is 1080. The number of nitrogens with zero attached hydrogens (tertiary/aromatic N) is 4. The maximum atomic E-state index is 13.2. The number of amides is 2. The van der Waals surface area contributed by atoms with E-state index in [2.05, 4.69) is 19.9 Å². The van der Waals surface area contributed by atoms with Crippen LogP contribution in [0.5, 0.6) is 11.5 Å². The summed E-state index contributed by atoms with van der Waals surface area (Å²) >= 11 is 0. The van der Waals surface area contributed by atoms with Crippen LogP contribution < -0.4 is 14.8 Å². The third kappa shape index (κ3) is 3.69. The third-order valence-corrected chi connectivity index (χ3v) is 4.97. The SMILES string of the molecule is COc1cc(C(=O)N2CCn3cccc3C2)cc(NC(=O)c2cncnc2)c1OC. The number of methoxy groups -OCH3 is 2. The highest BCUT2D eigenvalue weighted by molar-refractivity contribution is 6.06. The Morgan fingerprint density at radius 2 is 1.87 bits per heavy atom. The first kappa shape index (κ1) is 19.4. The summed E-state index contributed by atoms with van der Waals surface area (Å²) in [5.41, 5.74) is 2.08. The van der Waals surface area contributed by atoms with Gasteiger partial charge in [0.05, 0.1) is 32.0 Å². The lowest BCUT2D eigenvalue weighted by Gasteiger charge is -2.29. The van der Waals surface area contributed by atoms with Crippen LogP contribution in [0.1, 0.15) is 26.4 Å². The molecule has 1 aliphatic heterocycles. The fourth-order valence-corrected chi connectivity index (χ4v) is 3.46. The number of aromatic nitrogens is 3. The summed E-state index contributed by atoms with van der Waals surface area (Å²) in [4.78, 5) is 35.3. The van der Waals surface area contributed by atoms with Gasteiger partial charge in [0.25, 0.3) is 11.8 Å². The van der Waals surface area contributed by atoms with Gasteiger partial charge in [-0.05, 0) is 24.3 Å². The number of ether oxygens (including phenoxy) is 2. The number of benzene rings is 1. The molecule has 1 N–H and O–H groups in total. The number of hydrogen-bond acceptors (Lipinski definition) is 6. The van der Waals surface area contributed by atoms with E-state index < -0.39 is 5.91 Å². The lowest BCUT2D eigenvalue weighted by atomic mass is 10.1. The van der Waals surface area contributed by atoms with Crippen molar-refractivity contribution in [3.05, 3.63) is 66.0 Å². The van der Waals surface area contributed by atoms with E-state index in [4.69, 9.17) is 9.47 Å². The van der Waals surface area contributed by atoms with Gasteiger partial charge < -0.3 is 24.3 Å². The van der Waals surface area contributed by atoms with Gasteiger partial charge in [-0.2, -0.15) is 0 Å². The summed E-state index contributed by atoms with van der Waals surface area (Å²) in [7, 11) is 2.95. The summed E-state index contributed by atoms with van der Waals surface area (Å²) in [5, 5.41) is 2.76. The fraction of sp³-hybridized carbons (Fsp3) is 0.238. The monoisotopic (exact) mass is 407 g/mol. The van der Waals surface area contributed by atoms with Gasteiger partial charge in [-0.25, -0.2) is 9.97 Å². The van der Waals surface area contributed by atoms with Gasteiger partial charge in [0.1, 0.15) is 6.33 Å². The van der Waals surface area contributed by atoms with Crippen molar-refractivity contribution in [2.75, 3.05) is 26.1 Å². The van der Waals surface area contributed by atoms with Crippen molar-refractivity contribution in [1.29, 1.82) is 0 Å². The Labute approximate surface area is 173 Å². The van der Waals surface area contributed by atoms with Crippen molar-refractivity contribution in [3.63, 3.8) is 0 Å². The first-order chi connectivity index (χ1) is 14.6. The second-order valence-electron chi connectivity index (χ2n) is 6.76. The van der Waals surface area contributed by atoms with Crippen LogP contribution in [0.25, 0.3) is 0 Å². The summed E-state index contributed by atoms with van der Waals surface area (Å²) in [6.45, 7) is 1.85. The molecule has 2 amide bonds. The van der Waals surface area contributed by atoms with Gasteiger partial charge in [0.15, 0.2) is 11.5 Å².